The van der Waals surface area contributed by atoms with Crippen LogP contribution in [0.5, 0.6) is 0 Å². The maximum absolute atomic E-state index is 5.50. The summed E-state index contributed by atoms with van der Waals surface area (Å²) in [4.78, 5) is 1.51. The van der Waals surface area contributed by atoms with Gasteiger partial charge in [-0.1, -0.05) is 25.1 Å². The minimum Gasteiger partial charge on any atom is -0.497 e. The Hall–Kier alpha value is -1.54. The average Bonchev–Trinajstić information content (AvgIpc) is 2.90. The fourth-order valence-corrected chi connectivity index (χ4v) is 4.68. The van der Waals surface area contributed by atoms with Crippen molar-refractivity contribution in [2.24, 2.45) is 5.92 Å². The lowest BCUT2D eigenvalue weighted by molar-refractivity contribution is 0.257. The normalized spacial score (nSPS) is 25.6. The van der Waals surface area contributed by atoms with Crippen LogP contribution in [0.15, 0.2) is 53.8 Å². The Morgan fingerprint density at radius 1 is 1.25 bits per heavy atom. The number of allylic oxidation sites excluding steroid dienone is 2. The Labute approximate surface area is 123 Å². The van der Waals surface area contributed by atoms with E-state index in [0.717, 1.165) is 12.5 Å². The summed E-state index contributed by atoms with van der Waals surface area (Å²) in [6.07, 6.45) is 6.52. The molecule has 0 fully saturated rings. The SMILES string of the molecule is CC1CC2=C(C=COC2)C(c2cc3ccccc3s2)C1. The van der Waals surface area contributed by atoms with E-state index in [2.05, 4.69) is 43.3 Å². The molecule has 0 bridgehead atoms. The maximum atomic E-state index is 5.50. The maximum Gasteiger partial charge on any atom is 0.109 e. The van der Waals surface area contributed by atoms with Gasteiger partial charge < -0.3 is 4.74 Å². The van der Waals surface area contributed by atoms with Crippen LogP contribution < -0.4 is 0 Å². The Morgan fingerprint density at radius 2 is 2.15 bits per heavy atom. The van der Waals surface area contributed by atoms with Gasteiger partial charge in [-0.2, -0.15) is 0 Å². The van der Waals surface area contributed by atoms with Crippen LogP contribution in [0.3, 0.4) is 0 Å². The first-order valence-corrected chi connectivity index (χ1v) is 8.11. The van der Waals surface area contributed by atoms with E-state index in [1.165, 1.54) is 39.0 Å². The molecule has 4 rings (SSSR count). The third kappa shape index (κ3) is 1.99. The van der Waals surface area contributed by atoms with E-state index >= 15 is 0 Å². The van der Waals surface area contributed by atoms with Gasteiger partial charge in [-0.3, -0.25) is 0 Å². The standard InChI is InChI=1S/C18H18OS/c1-12-8-14-11-19-7-6-15(14)16(9-12)18-10-13-4-2-3-5-17(13)20-18/h2-7,10,12,16H,8-9,11H2,1H3. The first kappa shape index (κ1) is 12.2. The molecular formula is C18H18OS. The second kappa shape index (κ2) is 4.78. The summed E-state index contributed by atoms with van der Waals surface area (Å²) in [6, 6.07) is 11.1. The largest absolute Gasteiger partial charge is 0.497 e. The van der Waals surface area contributed by atoms with Crippen LogP contribution in [0.1, 0.15) is 30.6 Å². The molecular weight excluding hydrogens is 264 g/mol. The van der Waals surface area contributed by atoms with Crippen molar-refractivity contribution in [3.8, 4) is 0 Å². The summed E-state index contributed by atoms with van der Waals surface area (Å²) in [5, 5.41) is 1.38. The highest BCUT2D eigenvalue weighted by molar-refractivity contribution is 7.19. The minimum absolute atomic E-state index is 0.561. The molecule has 0 N–H and O–H groups in total. The molecule has 2 aromatic rings. The van der Waals surface area contributed by atoms with Gasteiger partial charge in [-0.05, 0) is 53.5 Å². The summed E-state index contributed by atoms with van der Waals surface area (Å²) >= 11 is 1.95. The molecule has 2 heteroatoms. The van der Waals surface area contributed by atoms with Crippen LogP contribution in [-0.2, 0) is 4.74 Å². The van der Waals surface area contributed by atoms with Gasteiger partial charge in [-0.15, -0.1) is 11.3 Å². The fraction of sp³-hybridized carbons (Fsp3) is 0.333. The molecule has 102 valence electrons. The van der Waals surface area contributed by atoms with E-state index in [0.29, 0.717) is 5.92 Å². The number of rotatable bonds is 1. The van der Waals surface area contributed by atoms with Crippen LogP contribution in [0.2, 0.25) is 0 Å². The molecule has 1 aromatic heterocycles. The third-order valence-electron chi connectivity index (χ3n) is 4.41. The molecule has 1 aliphatic heterocycles. The summed E-state index contributed by atoms with van der Waals surface area (Å²) < 4.78 is 6.90. The number of benzene rings is 1. The molecule has 0 saturated carbocycles. The number of thiophene rings is 1. The summed E-state index contributed by atoms with van der Waals surface area (Å²) in [7, 11) is 0. The molecule has 0 spiro atoms. The predicted molar refractivity (Wildman–Crippen MR) is 85.1 cm³/mol. The number of ether oxygens (including phenoxy) is 1. The van der Waals surface area contributed by atoms with E-state index in [1.807, 2.05) is 17.6 Å². The lowest BCUT2D eigenvalue weighted by Gasteiger charge is -2.32. The van der Waals surface area contributed by atoms with Crippen molar-refractivity contribution in [2.45, 2.75) is 25.7 Å². The van der Waals surface area contributed by atoms with Gasteiger partial charge in [0.05, 0.1) is 6.26 Å². The zero-order valence-electron chi connectivity index (χ0n) is 11.6. The van der Waals surface area contributed by atoms with Crippen molar-refractivity contribution in [1.82, 2.24) is 0 Å². The van der Waals surface area contributed by atoms with Crippen molar-refractivity contribution in [3.63, 3.8) is 0 Å². The van der Waals surface area contributed by atoms with Crippen LogP contribution in [0, 0.1) is 5.92 Å². The van der Waals surface area contributed by atoms with Gasteiger partial charge in [0.1, 0.15) is 6.61 Å². The van der Waals surface area contributed by atoms with E-state index in [1.54, 1.807) is 0 Å². The lowest BCUT2D eigenvalue weighted by Crippen LogP contribution is -2.19. The monoisotopic (exact) mass is 282 g/mol. The van der Waals surface area contributed by atoms with Gasteiger partial charge in [0.25, 0.3) is 0 Å². The highest BCUT2D eigenvalue weighted by Gasteiger charge is 2.29. The third-order valence-corrected chi connectivity index (χ3v) is 5.64. The van der Waals surface area contributed by atoms with E-state index in [4.69, 9.17) is 4.74 Å². The highest BCUT2D eigenvalue weighted by atomic mass is 32.1. The van der Waals surface area contributed by atoms with Crippen molar-refractivity contribution in [3.05, 3.63) is 58.7 Å². The Balaban J connectivity index is 1.81. The number of hydrogen-bond acceptors (Lipinski definition) is 2. The predicted octanol–water partition coefficient (Wildman–Crippen LogP) is 5.26. The van der Waals surface area contributed by atoms with Crippen LogP contribution >= 0.6 is 11.3 Å². The fourth-order valence-electron chi connectivity index (χ4n) is 3.49. The van der Waals surface area contributed by atoms with Gasteiger partial charge in [0.2, 0.25) is 0 Å². The molecule has 0 radical (unpaired) electrons. The van der Waals surface area contributed by atoms with Crippen molar-refractivity contribution in [2.75, 3.05) is 6.61 Å². The zero-order valence-corrected chi connectivity index (χ0v) is 12.5. The molecule has 1 aliphatic carbocycles. The summed E-state index contributed by atoms with van der Waals surface area (Å²) in [6.45, 7) is 3.15. The molecule has 0 saturated heterocycles. The topological polar surface area (TPSA) is 9.23 Å². The smallest absolute Gasteiger partial charge is 0.109 e. The van der Waals surface area contributed by atoms with Crippen molar-refractivity contribution in [1.29, 1.82) is 0 Å². The van der Waals surface area contributed by atoms with Gasteiger partial charge in [0.15, 0.2) is 0 Å². The molecule has 2 aliphatic rings. The van der Waals surface area contributed by atoms with E-state index < -0.39 is 0 Å². The first-order chi connectivity index (χ1) is 9.81. The molecule has 20 heavy (non-hydrogen) atoms. The summed E-state index contributed by atoms with van der Waals surface area (Å²) in [5.41, 5.74) is 3.02. The molecule has 2 atom stereocenters. The molecule has 2 heterocycles. The van der Waals surface area contributed by atoms with Gasteiger partial charge in [-0.25, -0.2) is 0 Å². The van der Waals surface area contributed by atoms with Crippen LogP contribution in [0.4, 0.5) is 0 Å². The average molecular weight is 282 g/mol. The molecule has 0 amide bonds. The molecule has 1 nitrogen and oxygen atoms in total. The number of hydrogen-bond donors (Lipinski definition) is 0. The second-order valence-corrected chi connectivity index (χ2v) is 7.07. The Morgan fingerprint density at radius 3 is 3.05 bits per heavy atom. The highest BCUT2D eigenvalue weighted by Crippen LogP contribution is 2.45. The van der Waals surface area contributed by atoms with E-state index in [-0.39, 0.29) is 0 Å². The molecule has 1 aromatic carbocycles. The second-order valence-electron chi connectivity index (χ2n) is 5.96. The van der Waals surface area contributed by atoms with Gasteiger partial charge in [0, 0.05) is 15.5 Å². The minimum atomic E-state index is 0.561. The zero-order chi connectivity index (χ0) is 13.5. The lowest BCUT2D eigenvalue weighted by atomic mass is 9.76. The Bertz CT molecular complexity index is 674. The molecule has 2 unspecified atom stereocenters. The quantitative estimate of drug-likeness (QED) is 0.693. The number of fused-ring (bicyclic) bond motifs is 1. The first-order valence-electron chi connectivity index (χ1n) is 7.30. The summed E-state index contributed by atoms with van der Waals surface area (Å²) in [5.74, 6) is 1.31. The van der Waals surface area contributed by atoms with Crippen LogP contribution in [0.25, 0.3) is 10.1 Å². The van der Waals surface area contributed by atoms with Crippen molar-refractivity contribution < 1.29 is 4.74 Å². The van der Waals surface area contributed by atoms with Crippen molar-refractivity contribution >= 4 is 21.4 Å². The Kier molecular flexibility index (Phi) is 2.92. The van der Waals surface area contributed by atoms with Crippen LogP contribution in [-0.4, -0.2) is 6.61 Å². The van der Waals surface area contributed by atoms with E-state index in [9.17, 15) is 0 Å². The van der Waals surface area contributed by atoms with Gasteiger partial charge >= 0.3 is 0 Å².